The molecule has 1 heterocycles. The summed E-state index contributed by atoms with van der Waals surface area (Å²) in [4.78, 5) is 2.50. The van der Waals surface area contributed by atoms with Crippen LogP contribution in [-0.2, 0) is 0 Å². The summed E-state index contributed by atoms with van der Waals surface area (Å²) in [5.41, 5.74) is 3.06. The van der Waals surface area contributed by atoms with Gasteiger partial charge in [0.25, 0.3) is 0 Å². The largest absolute Gasteiger partial charge is 0.358 e. The Labute approximate surface area is 132 Å². The molecule has 0 spiro atoms. The molecule has 0 aromatic heterocycles. The number of nitrogens with zero attached hydrogens (tertiary/aromatic N) is 1. The minimum atomic E-state index is 0.320. The fourth-order valence-corrected chi connectivity index (χ4v) is 2.96. The molecule has 2 heteroatoms. The maximum Gasteiger partial charge on any atom is 0.0793 e. The standard InChI is InChI=1S/C19H34N2/c1-8-17(13-19(5,6)7)12-10-11-16(4)21-14-15(3)20-18(21)9-2/h8,11-12,15,18,20H,1,9-10,13-14H2,2-7H3. The van der Waals surface area contributed by atoms with E-state index in [4.69, 9.17) is 0 Å². The second kappa shape index (κ2) is 7.84. The summed E-state index contributed by atoms with van der Waals surface area (Å²) in [6.07, 6.45) is 10.4. The Kier molecular flexibility index (Phi) is 6.73. The molecule has 21 heavy (non-hydrogen) atoms. The van der Waals surface area contributed by atoms with E-state index in [0.717, 1.165) is 25.8 Å². The molecule has 1 saturated heterocycles. The molecule has 2 atom stereocenters. The van der Waals surface area contributed by atoms with E-state index in [1.54, 1.807) is 0 Å². The van der Waals surface area contributed by atoms with E-state index in [1.807, 2.05) is 6.08 Å². The Hall–Kier alpha value is -1.02. The number of hydrogen-bond acceptors (Lipinski definition) is 2. The third-order valence-electron chi connectivity index (χ3n) is 3.95. The van der Waals surface area contributed by atoms with Gasteiger partial charge in [0.15, 0.2) is 0 Å². The zero-order valence-electron chi connectivity index (χ0n) is 14.9. The highest BCUT2D eigenvalue weighted by atomic mass is 15.3. The third kappa shape index (κ3) is 6.09. The van der Waals surface area contributed by atoms with Gasteiger partial charge < -0.3 is 4.90 Å². The minimum absolute atomic E-state index is 0.320. The van der Waals surface area contributed by atoms with Crippen molar-refractivity contribution in [2.45, 2.75) is 73.0 Å². The molecule has 1 fully saturated rings. The lowest BCUT2D eigenvalue weighted by molar-refractivity contribution is 0.296. The molecule has 0 bridgehead atoms. The first-order valence-corrected chi connectivity index (χ1v) is 8.27. The van der Waals surface area contributed by atoms with Crippen molar-refractivity contribution in [1.29, 1.82) is 0 Å². The molecule has 1 aliphatic rings. The van der Waals surface area contributed by atoms with Gasteiger partial charge in [-0.15, -0.1) is 0 Å². The van der Waals surface area contributed by atoms with Crippen LogP contribution < -0.4 is 5.32 Å². The Morgan fingerprint density at radius 3 is 2.52 bits per heavy atom. The molecule has 0 saturated carbocycles. The van der Waals surface area contributed by atoms with Crippen LogP contribution >= 0.6 is 0 Å². The van der Waals surface area contributed by atoms with Crippen LogP contribution in [0.2, 0.25) is 0 Å². The summed E-state index contributed by atoms with van der Waals surface area (Å²) in [5.74, 6) is 0. The summed E-state index contributed by atoms with van der Waals surface area (Å²) in [5, 5.41) is 3.63. The van der Waals surface area contributed by atoms with E-state index >= 15 is 0 Å². The smallest absolute Gasteiger partial charge is 0.0793 e. The maximum atomic E-state index is 3.95. The molecule has 120 valence electrons. The normalized spacial score (nSPS) is 24.6. The predicted octanol–water partition coefficient (Wildman–Crippen LogP) is 4.86. The summed E-state index contributed by atoms with van der Waals surface area (Å²) >= 11 is 0. The topological polar surface area (TPSA) is 15.3 Å². The van der Waals surface area contributed by atoms with Gasteiger partial charge in [0.2, 0.25) is 0 Å². The first-order valence-electron chi connectivity index (χ1n) is 8.27. The molecule has 0 aromatic carbocycles. The SMILES string of the molecule is C=CC(=CCC=C(C)N1CC(C)NC1CC)CC(C)(C)C. The Balaban J connectivity index is 2.64. The zero-order chi connectivity index (χ0) is 16.0. The quantitative estimate of drug-likeness (QED) is 0.703. The maximum absolute atomic E-state index is 3.95. The van der Waals surface area contributed by atoms with Gasteiger partial charge in [0.05, 0.1) is 6.17 Å². The molecule has 1 rings (SSSR count). The van der Waals surface area contributed by atoms with Gasteiger partial charge in [-0.05, 0) is 38.5 Å². The van der Waals surface area contributed by atoms with Crippen molar-refractivity contribution < 1.29 is 0 Å². The van der Waals surface area contributed by atoms with E-state index in [9.17, 15) is 0 Å². The molecule has 0 aromatic rings. The fourth-order valence-electron chi connectivity index (χ4n) is 2.96. The molecule has 1 N–H and O–H groups in total. The van der Waals surface area contributed by atoms with E-state index < -0.39 is 0 Å². The van der Waals surface area contributed by atoms with Crippen LogP contribution in [0.25, 0.3) is 0 Å². The van der Waals surface area contributed by atoms with Crippen molar-refractivity contribution in [3.63, 3.8) is 0 Å². The van der Waals surface area contributed by atoms with Crippen LogP contribution in [0, 0.1) is 5.41 Å². The molecule has 2 nitrogen and oxygen atoms in total. The average molecular weight is 290 g/mol. The van der Waals surface area contributed by atoms with E-state index in [1.165, 1.54) is 11.3 Å². The van der Waals surface area contributed by atoms with Crippen LogP contribution in [0.4, 0.5) is 0 Å². The lowest BCUT2D eigenvalue weighted by Gasteiger charge is -2.26. The number of nitrogens with one attached hydrogen (secondary N) is 1. The number of hydrogen-bond donors (Lipinski definition) is 1. The summed E-state index contributed by atoms with van der Waals surface area (Å²) < 4.78 is 0. The Morgan fingerprint density at radius 1 is 1.33 bits per heavy atom. The monoisotopic (exact) mass is 290 g/mol. The number of rotatable bonds is 6. The van der Waals surface area contributed by atoms with Gasteiger partial charge >= 0.3 is 0 Å². The lowest BCUT2D eigenvalue weighted by atomic mass is 9.87. The highest BCUT2D eigenvalue weighted by molar-refractivity contribution is 5.19. The van der Waals surface area contributed by atoms with Crippen LogP contribution in [0.5, 0.6) is 0 Å². The van der Waals surface area contributed by atoms with E-state index in [2.05, 4.69) is 70.5 Å². The number of allylic oxidation sites excluding steroid dienone is 5. The van der Waals surface area contributed by atoms with Gasteiger partial charge in [-0.2, -0.15) is 0 Å². The van der Waals surface area contributed by atoms with E-state index in [-0.39, 0.29) is 0 Å². The molecule has 0 aliphatic carbocycles. The Morgan fingerprint density at radius 2 is 2.00 bits per heavy atom. The molecule has 1 aliphatic heterocycles. The molecule has 0 radical (unpaired) electrons. The van der Waals surface area contributed by atoms with Gasteiger partial charge in [-0.3, -0.25) is 5.32 Å². The molecular weight excluding hydrogens is 256 g/mol. The van der Waals surface area contributed by atoms with Crippen molar-refractivity contribution in [2.24, 2.45) is 5.41 Å². The van der Waals surface area contributed by atoms with Crippen molar-refractivity contribution >= 4 is 0 Å². The highest BCUT2D eigenvalue weighted by Gasteiger charge is 2.26. The van der Waals surface area contributed by atoms with Gasteiger partial charge in [-0.1, -0.05) is 58.1 Å². The highest BCUT2D eigenvalue weighted by Crippen LogP contribution is 2.25. The fraction of sp³-hybridized carbons (Fsp3) is 0.684. The predicted molar refractivity (Wildman–Crippen MR) is 94.1 cm³/mol. The molecular formula is C19H34N2. The molecule has 2 unspecified atom stereocenters. The minimum Gasteiger partial charge on any atom is -0.358 e. The van der Waals surface area contributed by atoms with Crippen molar-refractivity contribution in [3.05, 3.63) is 36.1 Å². The van der Waals surface area contributed by atoms with Gasteiger partial charge in [-0.25, -0.2) is 0 Å². The summed E-state index contributed by atoms with van der Waals surface area (Å²) in [6, 6.07) is 0.582. The van der Waals surface area contributed by atoms with Crippen LogP contribution in [-0.4, -0.2) is 23.7 Å². The second-order valence-corrected chi connectivity index (χ2v) is 7.45. The first-order chi connectivity index (χ1) is 9.76. The summed E-state index contributed by atoms with van der Waals surface area (Å²) in [6.45, 7) is 18.6. The van der Waals surface area contributed by atoms with Gasteiger partial charge in [0, 0.05) is 18.3 Å². The van der Waals surface area contributed by atoms with Crippen LogP contribution in [0.3, 0.4) is 0 Å². The first kappa shape index (κ1) is 18.0. The molecule has 0 amide bonds. The van der Waals surface area contributed by atoms with Crippen molar-refractivity contribution in [1.82, 2.24) is 10.2 Å². The van der Waals surface area contributed by atoms with Gasteiger partial charge in [0.1, 0.15) is 0 Å². The van der Waals surface area contributed by atoms with Crippen molar-refractivity contribution in [3.8, 4) is 0 Å². The lowest BCUT2D eigenvalue weighted by Crippen LogP contribution is -2.34. The van der Waals surface area contributed by atoms with Crippen molar-refractivity contribution in [2.75, 3.05) is 6.54 Å². The van der Waals surface area contributed by atoms with Crippen LogP contribution in [0.15, 0.2) is 36.1 Å². The third-order valence-corrected chi connectivity index (χ3v) is 3.95. The zero-order valence-corrected chi connectivity index (χ0v) is 14.9. The van der Waals surface area contributed by atoms with Crippen LogP contribution in [0.1, 0.15) is 60.8 Å². The Bertz CT molecular complexity index is 398. The summed E-state index contributed by atoms with van der Waals surface area (Å²) in [7, 11) is 0. The van der Waals surface area contributed by atoms with E-state index in [0.29, 0.717) is 17.6 Å². The average Bonchev–Trinajstić information content (AvgIpc) is 2.77. The second-order valence-electron chi connectivity index (χ2n) is 7.45.